The maximum atomic E-state index is 11.8. The van der Waals surface area contributed by atoms with Gasteiger partial charge in [0.25, 0.3) is 10.2 Å². The molecule has 0 aliphatic heterocycles. The molecule has 36 heavy (non-hydrogen) atoms. The Morgan fingerprint density at radius 1 is 0.944 bits per heavy atom. The summed E-state index contributed by atoms with van der Waals surface area (Å²) in [5, 5.41) is 11.8. The lowest BCUT2D eigenvalue weighted by Crippen LogP contribution is -2.35. The van der Waals surface area contributed by atoms with Crippen LogP contribution in [0.15, 0.2) is 41.4 Å². The predicted molar refractivity (Wildman–Crippen MR) is 142 cm³/mol. The molecule has 6 N–H and O–H groups in total. The van der Waals surface area contributed by atoms with Gasteiger partial charge in [0, 0.05) is 24.5 Å². The van der Waals surface area contributed by atoms with E-state index in [1.807, 2.05) is 13.0 Å². The van der Waals surface area contributed by atoms with Crippen molar-refractivity contribution in [2.24, 2.45) is 5.14 Å². The zero-order valence-electron chi connectivity index (χ0n) is 20.2. The maximum Gasteiger partial charge on any atom is 0.277 e. The summed E-state index contributed by atoms with van der Waals surface area (Å²) in [6.07, 6.45) is 1.44. The highest BCUT2D eigenvalue weighted by Gasteiger charge is 2.16. The van der Waals surface area contributed by atoms with Crippen molar-refractivity contribution in [1.82, 2.24) is 19.4 Å². The fourth-order valence-electron chi connectivity index (χ4n) is 3.64. The number of nitrogens with one attached hydrogen (secondary N) is 4. The van der Waals surface area contributed by atoms with Crippen molar-refractivity contribution >= 4 is 55.0 Å². The van der Waals surface area contributed by atoms with E-state index in [0.717, 1.165) is 16.8 Å². The Balaban J connectivity index is 1.78. The molecule has 1 heterocycles. The molecule has 0 fully saturated rings. The summed E-state index contributed by atoms with van der Waals surface area (Å²) in [4.78, 5) is 8.72. The summed E-state index contributed by atoms with van der Waals surface area (Å²) < 4.78 is 52.1. The first-order chi connectivity index (χ1) is 16.8. The molecular formula is C22H28ClN7O4S2. The molecule has 0 spiro atoms. The van der Waals surface area contributed by atoms with E-state index < -0.39 is 20.2 Å². The third-order valence-electron chi connectivity index (χ3n) is 5.09. The van der Waals surface area contributed by atoms with E-state index in [1.165, 1.54) is 6.20 Å². The van der Waals surface area contributed by atoms with E-state index in [9.17, 15) is 16.8 Å². The summed E-state index contributed by atoms with van der Waals surface area (Å²) in [5.74, 6) is 0.601. The van der Waals surface area contributed by atoms with Gasteiger partial charge in [-0.2, -0.15) is 18.1 Å². The van der Waals surface area contributed by atoms with E-state index in [-0.39, 0.29) is 17.4 Å². The molecule has 0 aliphatic carbocycles. The van der Waals surface area contributed by atoms with E-state index >= 15 is 0 Å². The third-order valence-corrected chi connectivity index (χ3v) is 7.77. The van der Waals surface area contributed by atoms with E-state index in [4.69, 9.17) is 16.7 Å². The van der Waals surface area contributed by atoms with Crippen molar-refractivity contribution in [3.63, 3.8) is 0 Å². The second-order valence-corrected chi connectivity index (χ2v) is 11.6. The summed E-state index contributed by atoms with van der Waals surface area (Å²) >= 11 is 6.30. The minimum absolute atomic E-state index is 0.0841. The van der Waals surface area contributed by atoms with E-state index in [0.29, 0.717) is 34.2 Å². The summed E-state index contributed by atoms with van der Waals surface area (Å²) in [7, 11) is -7.39. The number of sulfonamides is 1. The fourth-order valence-corrected chi connectivity index (χ4v) is 5.63. The molecule has 3 aromatic rings. The summed E-state index contributed by atoms with van der Waals surface area (Å²) in [5.41, 5.74) is 3.94. The van der Waals surface area contributed by atoms with Crippen LogP contribution in [0.2, 0.25) is 5.02 Å². The second-order valence-electron chi connectivity index (χ2n) is 8.10. The van der Waals surface area contributed by atoms with Crippen molar-refractivity contribution in [2.45, 2.75) is 39.1 Å². The Morgan fingerprint density at radius 3 is 2.19 bits per heavy atom. The first-order valence-corrected chi connectivity index (χ1v) is 14.2. The molecule has 14 heteroatoms. The first-order valence-electron chi connectivity index (χ1n) is 10.8. The van der Waals surface area contributed by atoms with Crippen LogP contribution in [0.4, 0.5) is 23.1 Å². The molecule has 0 aliphatic rings. The van der Waals surface area contributed by atoms with Gasteiger partial charge in [-0.05, 0) is 61.2 Å². The van der Waals surface area contributed by atoms with Crippen LogP contribution in [0, 0.1) is 20.8 Å². The van der Waals surface area contributed by atoms with Crippen LogP contribution in [0.5, 0.6) is 0 Å². The number of aryl methyl sites for hydroxylation is 3. The lowest BCUT2D eigenvalue weighted by Gasteiger charge is -2.14. The Morgan fingerprint density at radius 2 is 1.61 bits per heavy atom. The molecule has 0 saturated carbocycles. The highest BCUT2D eigenvalue weighted by Crippen LogP contribution is 2.29. The van der Waals surface area contributed by atoms with Gasteiger partial charge in [-0.25, -0.2) is 23.3 Å². The fraction of sp³-hybridized carbons (Fsp3) is 0.273. The predicted octanol–water partition coefficient (Wildman–Crippen LogP) is 3.13. The number of anilines is 4. The van der Waals surface area contributed by atoms with Crippen molar-refractivity contribution in [3.05, 3.63) is 63.8 Å². The molecule has 0 amide bonds. The van der Waals surface area contributed by atoms with Crippen LogP contribution in [0.25, 0.3) is 0 Å². The summed E-state index contributed by atoms with van der Waals surface area (Å²) in [6, 6.07) is 8.73. The number of aromatic nitrogens is 2. The van der Waals surface area contributed by atoms with Gasteiger partial charge in [0.2, 0.25) is 16.0 Å². The Hall–Kier alpha value is -2.81. The standard InChI is InChI=1S/C22H28ClN7O4S2/c1-5-26-36(33,34)27-11-16-6-7-19(13(2)8-16)29-21-18(23)12-25-22(30-21)28-17-9-14(3)20(15(4)10-17)35(24,31)32/h6-10,12,26-27H,5,11H2,1-4H3,(H2,24,31,32)(H2,25,28,29,30). The zero-order chi connectivity index (χ0) is 26.7. The number of benzene rings is 2. The zero-order valence-corrected chi connectivity index (χ0v) is 22.6. The number of halogens is 1. The maximum absolute atomic E-state index is 11.8. The number of primary sulfonamides is 1. The van der Waals surface area contributed by atoms with Gasteiger partial charge >= 0.3 is 0 Å². The second kappa shape index (κ2) is 11.1. The largest absolute Gasteiger partial charge is 0.339 e. The van der Waals surface area contributed by atoms with Gasteiger partial charge < -0.3 is 10.6 Å². The molecular weight excluding hydrogens is 526 g/mol. The minimum Gasteiger partial charge on any atom is -0.339 e. The quantitative estimate of drug-likeness (QED) is 0.255. The highest BCUT2D eigenvalue weighted by atomic mass is 35.5. The van der Waals surface area contributed by atoms with Gasteiger partial charge in [-0.1, -0.05) is 30.7 Å². The number of hydrogen-bond donors (Lipinski definition) is 5. The molecule has 0 atom stereocenters. The van der Waals surface area contributed by atoms with Crippen LogP contribution in [-0.4, -0.2) is 33.3 Å². The molecule has 3 rings (SSSR count). The molecule has 0 unspecified atom stereocenters. The van der Waals surface area contributed by atoms with Gasteiger partial charge in [0.1, 0.15) is 5.02 Å². The molecule has 0 bridgehead atoms. The number of nitrogens with zero attached hydrogens (tertiary/aromatic N) is 2. The number of rotatable bonds is 10. The van der Waals surface area contributed by atoms with E-state index in [1.54, 1.807) is 45.0 Å². The van der Waals surface area contributed by atoms with Crippen LogP contribution < -0.4 is 25.2 Å². The average Bonchev–Trinajstić information content (AvgIpc) is 2.75. The normalized spacial score (nSPS) is 11.9. The van der Waals surface area contributed by atoms with Crippen molar-refractivity contribution in [1.29, 1.82) is 0 Å². The van der Waals surface area contributed by atoms with Gasteiger partial charge in [-0.15, -0.1) is 0 Å². The molecule has 2 aromatic carbocycles. The van der Waals surface area contributed by atoms with Crippen LogP contribution in [0.3, 0.4) is 0 Å². The molecule has 0 radical (unpaired) electrons. The third kappa shape index (κ3) is 7.12. The van der Waals surface area contributed by atoms with Crippen molar-refractivity contribution < 1.29 is 16.8 Å². The Kier molecular flexibility index (Phi) is 8.54. The average molecular weight is 554 g/mol. The molecule has 1 aromatic heterocycles. The van der Waals surface area contributed by atoms with Crippen molar-refractivity contribution in [2.75, 3.05) is 17.2 Å². The Labute approximate surface area is 216 Å². The smallest absolute Gasteiger partial charge is 0.277 e. The Bertz CT molecular complexity index is 1470. The molecule has 0 saturated heterocycles. The lowest BCUT2D eigenvalue weighted by atomic mass is 10.1. The minimum atomic E-state index is -3.85. The van der Waals surface area contributed by atoms with Crippen LogP contribution in [0.1, 0.15) is 29.2 Å². The molecule has 11 nitrogen and oxygen atoms in total. The van der Waals surface area contributed by atoms with Gasteiger partial charge in [0.15, 0.2) is 5.82 Å². The highest BCUT2D eigenvalue weighted by molar-refractivity contribution is 7.89. The lowest BCUT2D eigenvalue weighted by molar-refractivity contribution is 0.568. The van der Waals surface area contributed by atoms with Crippen LogP contribution in [-0.2, 0) is 26.8 Å². The van der Waals surface area contributed by atoms with E-state index in [2.05, 4.69) is 30.0 Å². The number of nitrogens with two attached hydrogens (primary N) is 1. The SMILES string of the molecule is CCNS(=O)(=O)NCc1ccc(Nc2nc(Nc3cc(C)c(S(N)(=O)=O)c(C)c3)ncc2Cl)c(C)c1. The van der Waals surface area contributed by atoms with Crippen molar-refractivity contribution in [3.8, 4) is 0 Å². The van der Waals surface area contributed by atoms with Crippen LogP contribution >= 0.6 is 11.6 Å². The van der Waals surface area contributed by atoms with Gasteiger partial charge in [-0.3, -0.25) is 0 Å². The number of hydrogen-bond acceptors (Lipinski definition) is 8. The molecule has 194 valence electrons. The van der Waals surface area contributed by atoms with Gasteiger partial charge in [0.05, 0.1) is 11.1 Å². The summed E-state index contributed by atoms with van der Waals surface area (Å²) in [6.45, 7) is 7.33. The monoisotopic (exact) mass is 553 g/mol. The topological polar surface area (TPSA) is 168 Å². The first kappa shape index (κ1) is 27.8.